The lowest BCUT2D eigenvalue weighted by molar-refractivity contribution is -0.140. The van der Waals surface area contributed by atoms with E-state index in [1.54, 1.807) is 0 Å². The van der Waals surface area contributed by atoms with E-state index in [-0.39, 0.29) is 17.7 Å². The number of hydrogen-bond donors (Lipinski definition) is 0. The quantitative estimate of drug-likeness (QED) is 0.714. The summed E-state index contributed by atoms with van der Waals surface area (Å²) in [6, 6.07) is 0. The predicted molar refractivity (Wildman–Crippen MR) is 59.4 cm³/mol. The molecular weight excluding hydrogens is 190 g/mol. The van der Waals surface area contributed by atoms with E-state index in [0.29, 0.717) is 25.3 Å². The average molecular weight is 211 g/mol. The molecule has 0 aliphatic carbocycles. The number of carbonyl (C=O) groups excluding carboxylic acids is 2. The Morgan fingerprint density at radius 2 is 2.07 bits per heavy atom. The van der Waals surface area contributed by atoms with Crippen molar-refractivity contribution >= 4 is 11.7 Å². The van der Waals surface area contributed by atoms with Gasteiger partial charge in [0.2, 0.25) is 5.91 Å². The Hall–Kier alpha value is -0.860. The van der Waals surface area contributed by atoms with Crippen LogP contribution in [0, 0.1) is 11.8 Å². The van der Waals surface area contributed by atoms with Crippen LogP contribution in [-0.2, 0) is 9.59 Å². The molecule has 1 amide bonds. The fourth-order valence-electron chi connectivity index (χ4n) is 2.11. The zero-order valence-electron chi connectivity index (χ0n) is 9.95. The third-order valence-electron chi connectivity index (χ3n) is 3.32. The van der Waals surface area contributed by atoms with Crippen LogP contribution >= 0.6 is 0 Å². The highest BCUT2D eigenvalue weighted by Gasteiger charge is 2.29. The van der Waals surface area contributed by atoms with Crippen LogP contribution in [-0.4, -0.2) is 29.7 Å². The molecule has 1 saturated heterocycles. The number of piperidine rings is 1. The largest absolute Gasteiger partial charge is 0.341 e. The van der Waals surface area contributed by atoms with Gasteiger partial charge in [0.25, 0.3) is 0 Å². The van der Waals surface area contributed by atoms with E-state index in [9.17, 15) is 9.59 Å². The van der Waals surface area contributed by atoms with Gasteiger partial charge >= 0.3 is 0 Å². The van der Waals surface area contributed by atoms with E-state index >= 15 is 0 Å². The van der Waals surface area contributed by atoms with Gasteiger partial charge in [0.15, 0.2) is 0 Å². The second-order valence-electron chi connectivity index (χ2n) is 4.42. The summed E-state index contributed by atoms with van der Waals surface area (Å²) in [4.78, 5) is 25.2. The van der Waals surface area contributed by atoms with Gasteiger partial charge in [-0.2, -0.15) is 0 Å². The van der Waals surface area contributed by atoms with Gasteiger partial charge < -0.3 is 4.90 Å². The van der Waals surface area contributed by atoms with Crippen molar-refractivity contribution in [1.82, 2.24) is 4.90 Å². The third-order valence-corrected chi connectivity index (χ3v) is 3.32. The number of ketones is 1. The molecule has 3 heteroatoms. The van der Waals surface area contributed by atoms with Crippen molar-refractivity contribution in [3.05, 3.63) is 0 Å². The van der Waals surface area contributed by atoms with Gasteiger partial charge in [-0.15, -0.1) is 0 Å². The average Bonchev–Trinajstić information content (AvgIpc) is 2.23. The summed E-state index contributed by atoms with van der Waals surface area (Å²) in [5, 5.41) is 0. The topological polar surface area (TPSA) is 37.4 Å². The highest BCUT2D eigenvalue weighted by molar-refractivity contribution is 5.85. The van der Waals surface area contributed by atoms with Crippen LogP contribution < -0.4 is 0 Å². The molecule has 0 radical (unpaired) electrons. The monoisotopic (exact) mass is 211 g/mol. The van der Waals surface area contributed by atoms with E-state index in [2.05, 4.69) is 0 Å². The fourth-order valence-corrected chi connectivity index (χ4v) is 2.11. The maximum atomic E-state index is 12.0. The van der Waals surface area contributed by atoms with Gasteiger partial charge in [0, 0.05) is 31.3 Å². The second kappa shape index (κ2) is 5.29. The Balaban J connectivity index is 2.57. The SMILES string of the molecule is CCC(CC)C(=O)N1CCC(=O)C(C)C1. The first-order valence-electron chi connectivity index (χ1n) is 5.91. The molecule has 0 spiro atoms. The lowest BCUT2D eigenvalue weighted by Gasteiger charge is -2.32. The first-order chi connectivity index (χ1) is 7.10. The summed E-state index contributed by atoms with van der Waals surface area (Å²) in [6.45, 7) is 7.25. The number of rotatable bonds is 3. The molecule has 0 aromatic heterocycles. The van der Waals surface area contributed by atoms with Crippen LogP contribution in [0.3, 0.4) is 0 Å². The molecule has 1 rings (SSSR count). The summed E-state index contributed by atoms with van der Waals surface area (Å²) in [5.74, 6) is 0.699. The third kappa shape index (κ3) is 2.80. The van der Waals surface area contributed by atoms with Crippen LogP contribution in [0.5, 0.6) is 0 Å². The van der Waals surface area contributed by atoms with E-state index in [4.69, 9.17) is 0 Å². The molecular formula is C12H21NO2. The highest BCUT2D eigenvalue weighted by atomic mass is 16.2. The minimum Gasteiger partial charge on any atom is -0.341 e. The summed E-state index contributed by atoms with van der Waals surface area (Å²) in [6.07, 6.45) is 2.33. The standard InChI is InChI=1S/C12H21NO2/c1-4-10(5-2)12(15)13-7-6-11(14)9(3)8-13/h9-10H,4-8H2,1-3H3. The Bertz CT molecular complexity index is 246. The van der Waals surface area contributed by atoms with Crippen molar-refractivity contribution in [1.29, 1.82) is 0 Å². The normalized spacial score (nSPS) is 22.3. The van der Waals surface area contributed by atoms with Gasteiger partial charge in [-0.25, -0.2) is 0 Å². The van der Waals surface area contributed by atoms with Gasteiger partial charge in [-0.05, 0) is 12.8 Å². The molecule has 1 heterocycles. The number of hydrogen-bond acceptors (Lipinski definition) is 2. The van der Waals surface area contributed by atoms with Crippen LogP contribution in [0.1, 0.15) is 40.0 Å². The maximum Gasteiger partial charge on any atom is 0.225 e. The van der Waals surface area contributed by atoms with E-state index in [0.717, 1.165) is 12.8 Å². The number of amides is 1. The molecule has 86 valence electrons. The summed E-state index contributed by atoms with van der Waals surface area (Å²) >= 11 is 0. The maximum absolute atomic E-state index is 12.0. The Morgan fingerprint density at radius 3 is 2.53 bits per heavy atom. The minimum atomic E-state index is 0.0251. The molecule has 15 heavy (non-hydrogen) atoms. The molecule has 0 saturated carbocycles. The Kier molecular flexibility index (Phi) is 4.30. The first-order valence-corrected chi connectivity index (χ1v) is 5.91. The molecule has 1 unspecified atom stereocenters. The van der Waals surface area contributed by atoms with Crippen LogP contribution in [0.25, 0.3) is 0 Å². The van der Waals surface area contributed by atoms with Gasteiger partial charge in [0.05, 0.1) is 0 Å². The molecule has 1 aliphatic heterocycles. The van der Waals surface area contributed by atoms with E-state index in [1.807, 2.05) is 25.7 Å². The Morgan fingerprint density at radius 1 is 1.47 bits per heavy atom. The number of Topliss-reactive ketones (excluding diaryl/α,β-unsaturated/α-hetero) is 1. The fraction of sp³-hybridized carbons (Fsp3) is 0.833. The molecule has 3 nitrogen and oxygen atoms in total. The minimum absolute atomic E-state index is 0.0251. The van der Waals surface area contributed by atoms with Gasteiger partial charge in [0.1, 0.15) is 5.78 Å². The molecule has 1 fully saturated rings. The summed E-state index contributed by atoms with van der Waals surface area (Å²) < 4.78 is 0. The molecule has 0 bridgehead atoms. The number of likely N-dealkylation sites (tertiary alicyclic amines) is 1. The summed E-state index contributed by atoms with van der Waals surface area (Å²) in [5.41, 5.74) is 0. The van der Waals surface area contributed by atoms with Crippen molar-refractivity contribution in [2.75, 3.05) is 13.1 Å². The predicted octanol–water partition coefficient (Wildman–Crippen LogP) is 1.86. The van der Waals surface area contributed by atoms with Gasteiger partial charge in [-0.1, -0.05) is 20.8 Å². The zero-order chi connectivity index (χ0) is 11.4. The van der Waals surface area contributed by atoms with Crippen LogP contribution in [0.15, 0.2) is 0 Å². The molecule has 1 atom stereocenters. The van der Waals surface area contributed by atoms with Crippen molar-refractivity contribution in [3.8, 4) is 0 Å². The lowest BCUT2D eigenvalue weighted by atomic mass is 9.95. The van der Waals surface area contributed by atoms with Crippen molar-refractivity contribution in [2.45, 2.75) is 40.0 Å². The number of nitrogens with zero attached hydrogens (tertiary/aromatic N) is 1. The lowest BCUT2D eigenvalue weighted by Crippen LogP contribution is -2.45. The molecule has 0 aromatic rings. The molecule has 0 aromatic carbocycles. The summed E-state index contributed by atoms with van der Waals surface area (Å²) in [7, 11) is 0. The Labute approximate surface area is 91.8 Å². The van der Waals surface area contributed by atoms with E-state index in [1.165, 1.54) is 0 Å². The molecule has 1 aliphatic rings. The van der Waals surface area contributed by atoms with Crippen LogP contribution in [0.4, 0.5) is 0 Å². The van der Waals surface area contributed by atoms with Crippen molar-refractivity contribution in [3.63, 3.8) is 0 Å². The number of carbonyl (C=O) groups is 2. The van der Waals surface area contributed by atoms with Crippen molar-refractivity contribution in [2.24, 2.45) is 11.8 Å². The highest BCUT2D eigenvalue weighted by Crippen LogP contribution is 2.18. The molecule has 0 N–H and O–H groups in total. The zero-order valence-corrected chi connectivity index (χ0v) is 9.95. The smallest absolute Gasteiger partial charge is 0.225 e. The van der Waals surface area contributed by atoms with Gasteiger partial charge in [-0.3, -0.25) is 9.59 Å². The van der Waals surface area contributed by atoms with E-state index < -0.39 is 0 Å². The van der Waals surface area contributed by atoms with Crippen LogP contribution in [0.2, 0.25) is 0 Å². The van der Waals surface area contributed by atoms with Crippen molar-refractivity contribution < 1.29 is 9.59 Å². The first kappa shape index (κ1) is 12.2. The second-order valence-corrected chi connectivity index (χ2v) is 4.42.